The van der Waals surface area contributed by atoms with Crippen LogP contribution in [0.4, 0.5) is 4.39 Å². The molecule has 1 saturated carbocycles. The van der Waals surface area contributed by atoms with Gasteiger partial charge in [-0.3, -0.25) is 4.79 Å². The molecule has 2 N–H and O–H groups in total. The SMILES string of the molecule is CSCCC(NS(=O)(=O)c1ccccc1F)C(=O)NCC1(c2ccccc2)CCCC1. The van der Waals surface area contributed by atoms with E-state index < -0.39 is 26.8 Å². The molecule has 2 aromatic carbocycles. The van der Waals surface area contributed by atoms with Crippen molar-refractivity contribution >= 4 is 27.7 Å². The van der Waals surface area contributed by atoms with Crippen molar-refractivity contribution in [2.75, 3.05) is 18.6 Å². The van der Waals surface area contributed by atoms with Crippen molar-refractivity contribution in [2.45, 2.75) is 48.5 Å². The van der Waals surface area contributed by atoms with E-state index in [9.17, 15) is 17.6 Å². The number of hydrogen-bond donors (Lipinski definition) is 2. The van der Waals surface area contributed by atoms with Gasteiger partial charge in [0.15, 0.2) is 0 Å². The molecule has 8 heteroatoms. The second-order valence-electron chi connectivity index (χ2n) is 7.96. The third-order valence-electron chi connectivity index (χ3n) is 5.90. The van der Waals surface area contributed by atoms with E-state index in [0.717, 1.165) is 31.7 Å². The lowest BCUT2D eigenvalue weighted by molar-refractivity contribution is -0.123. The first-order valence-corrected chi connectivity index (χ1v) is 13.3. The van der Waals surface area contributed by atoms with Gasteiger partial charge >= 0.3 is 0 Å². The van der Waals surface area contributed by atoms with Gasteiger partial charge < -0.3 is 5.32 Å². The lowest BCUT2D eigenvalue weighted by Crippen LogP contribution is -2.50. The minimum Gasteiger partial charge on any atom is -0.354 e. The van der Waals surface area contributed by atoms with Crippen molar-refractivity contribution in [3.8, 4) is 0 Å². The zero-order chi connectivity index (χ0) is 22.3. The average molecular weight is 465 g/mol. The molecule has 1 fully saturated rings. The summed E-state index contributed by atoms with van der Waals surface area (Å²) in [6, 6.07) is 14.4. The molecule has 31 heavy (non-hydrogen) atoms. The molecule has 1 aliphatic carbocycles. The van der Waals surface area contributed by atoms with Crippen LogP contribution in [0.15, 0.2) is 59.5 Å². The minimum atomic E-state index is -4.17. The van der Waals surface area contributed by atoms with Gasteiger partial charge in [0.25, 0.3) is 0 Å². The fourth-order valence-electron chi connectivity index (χ4n) is 4.18. The third kappa shape index (κ3) is 5.87. The van der Waals surface area contributed by atoms with Crippen LogP contribution in [-0.2, 0) is 20.2 Å². The molecule has 0 bridgehead atoms. The first-order valence-electron chi connectivity index (χ1n) is 10.5. The highest BCUT2D eigenvalue weighted by Gasteiger charge is 2.36. The molecular formula is C23H29FN2O3S2. The molecule has 3 rings (SSSR count). The molecule has 1 aliphatic rings. The number of halogens is 1. The topological polar surface area (TPSA) is 75.3 Å². The van der Waals surface area contributed by atoms with Gasteiger partial charge in [-0.05, 0) is 49.0 Å². The first kappa shape index (κ1) is 23.8. The molecule has 168 valence electrons. The van der Waals surface area contributed by atoms with Crippen LogP contribution in [-0.4, -0.2) is 38.9 Å². The van der Waals surface area contributed by atoms with Gasteiger partial charge in [0, 0.05) is 12.0 Å². The van der Waals surface area contributed by atoms with E-state index >= 15 is 0 Å². The predicted octanol–water partition coefficient (Wildman–Crippen LogP) is 3.85. The Hall–Kier alpha value is -1.90. The normalized spacial score (nSPS) is 16.7. The third-order valence-corrected chi connectivity index (χ3v) is 8.05. The maximum atomic E-state index is 14.1. The van der Waals surface area contributed by atoms with Crippen LogP contribution in [0.25, 0.3) is 0 Å². The number of carbonyl (C=O) groups is 1. The molecule has 0 saturated heterocycles. The molecule has 2 aromatic rings. The fraction of sp³-hybridized carbons (Fsp3) is 0.435. The summed E-state index contributed by atoms with van der Waals surface area (Å²) in [6.07, 6.45) is 6.37. The van der Waals surface area contributed by atoms with Crippen LogP contribution in [0, 0.1) is 5.82 Å². The first-order chi connectivity index (χ1) is 14.9. The van der Waals surface area contributed by atoms with Crippen molar-refractivity contribution in [3.05, 3.63) is 66.0 Å². The van der Waals surface area contributed by atoms with E-state index in [2.05, 4.69) is 22.2 Å². The highest BCUT2D eigenvalue weighted by Crippen LogP contribution is 2.40. The van der Waals surface area contributed by atoms with Crippen molar-refractivity contribution in [2.24, 2.45) is 0 Å². The van der Waals surface area contributed by atoms with Gasteiger partial charge in [-0.15, -0.1) is 0 Å². The lowest BCUT2D eigenvalue weighted by atomic mass is 9.79. The Bertz CT molecular complexity index is 977. The van der Waals surface area contributed by atoms with E-state index in [-0.39, 0.29) is 11.3 Å². The standard InChI is InChI=1S/C23H29FN2O3S2/c1-30-16-13-20(26-31(28,29)21-12-6-5-11-19(21)24)22(27)25-17-23(14-7-8-15-23)18-9-3-2-4-10-18/h2-6,9-12,20,26H,7-8,13-17H2,1H3,(H,25,27). The number of carbonyl (C=O) groups excluding carboxylic acids is 1. The summed E-state index contributed by atoms with van der Waals surface area (Å²) in [4.78, 5) is 12.6. The Morgan fingerprint density at radius 1 is 1.10 bits per heavy atom. The number of nitrogens with one attached hydrogen (secondary N) is 2. The largest absolute Gasteiger partial charge is 0.354 e. The minimum absolute atomic E-state index is 0.134. The van der Waals surface area contributed by atoms with Gasteiger partial charge in [-0.1, -0.05) is 55.3 Å². The second-order valence-corrected chi connectivity index (χ2v) is 10.6. The average Bonchev–Trinajstić information content (AvgIpc) is 3.26. The Morgan fingerprint density at radius 2 is 1.74 bits per heavy atom. The van der Waals surface area contributed by atoms with Crippen LogP contribution in [0.2, 0.25) is 0 Å². The summed E-state index contributed by atoms with van der Waals surface area (Å²) in [7, 11) is -4.17. The Balaban J connectivity index is 1.75. The quantitative estimate of drug-likeness (QED) is 0.560. The van der Waals surface area contributed by atoms with Crippen LogP contribution in [0.1, 0.15) is 37.7 Å². The number of thioether (sulfide) groups is 1. The smallest absolute Gasteiger partial charge is 0.244 e. The van der Waals surface area contributed by atoms with Crippen LogP contribution >= 0.6 is 11.8 Å². The van der Waals surface area contributed by atoms with Crippen LogP contribution < -0.4 is 10.0 Å². The van der Waals surface area contributed by atoms with E-state index in [0.29, 0.717) is 18.7 Å². The van der Waals surface area contributed by atoms with Crippen molar-refractivity contribution < 1.29 is 17.6 Å². The highest BCUT2D eigenvalue weighted by molar-refractivity contribution is 7.98. The molecule has 0 spiro atoms. The maximum absolute atomic E-state index is 14.1. The van der Waals surface area contributed by atoms with Crippen molar-refractivity contribution in [1.82, 2.24) is 10.0 Å². The summed E-state index contributed by atoms with van der Waals surface area (Å²) in [5, 5.41) is 2.99. The zero-order valence-electron chi connectivity index (χ0n) is 17.6. The number of amides is 1. The van der Waals surface area contributed by atoms with Crippen LogP contribution in [0.5, 0.6) is 0 Å². The molecule has 1 amide bonds. The van der Waals surface area contributed by atoms with Crippen molar-refractivity contribution in [1.29, 1.82) is 0 Å². The monoisotopic (exact) mass is 464 g/mol. The van der Waals surface area contributed by atoms with Gasteiger partial charge in [0.2, 0.25) is 15.9 Å². The number of hydrogen-bond acceptors (Lipinski definition) is 4. The summed E-state index contributed by atoms with van der Waals surface area (Å²) < 4.78 is 42.0. The highest BCUT2D eigenvalue weighted by atomic mass is 32.2. The number of benzene rings is 2. The summed E-state index contributed by atoms with van der Waals surface area (Å²) in [5.74, 6) is -0.619. The number of sulfonamides is 1. The summed E-state index contributed by atoms with van der Waals surface area (Å²) in [5.41, 5.74) is 1.06. The van der Waals surface area contributed by atoms with E-state index in [1.54, 1.807) is 0 Å². The van der Waals surface area contributed by atoms with Crippen LogP contribution in [0.3, 0.4) is 0 Å². The molecule has 0 radical (unpaired) electrons. The maximum Gasteiger partial charge on any atom is 0.244 e. The predicted molar refractivity (Wildman–Crippen MR) is 123 cm³/mol. The Morgan fingerprint density at radius 3 is 2.39 bits per heavy atom. The van der Waals surface area contributed by atoms with E-state index in [1.165, 1.54) is 35.5 Å². The molecule has 0 aromatic heterocycles. The summed E-state index contributed by atoms with van der Waals surface area (Å²) in [6.45, 7) is 0.451. The van der Waals surface area contributed by atoms with Gasteiger partial charge in [0.1, 0.15) is 16.8 Å². The molecular weight excluding hydrogens is 435 g/mol. The second kappa shape index (κ2) is 10.6. The molecule has 1 atom stereocenters. The molecule has 0 aliphatic heterocycles. The molecule has 5 nitrogen and oxygen atoms in total. The lowest BCUT2D eigenvalue weighted by Gasteiger charge is -2.31. The molecule has 0 heterocycles. The van der Waals surface area contributed by atoms with E-state index in [4.69, 9.17) is 0 Å². The van der Waals surface area contributed by atoms with E-state index in [1.807, 2.05) is 24.5 Å². The Kier molecular flexibility index (Phi) is 8.13. The molecule has 1 unspecified atom stereocenters. The van der Waals surface area contributed by atoms with Crippen molar-refractivity contribution in [3.63, 3.8) is 0 Å². The zero-order valence-corrected chi connectivity index (χ0v) is 19.3. The van der Waals surface area contributed by atoms with Gasteiger partial charge in [-0.2, -0.15) is 16.5 Å². The van der Waals surface area contributed by atoms with Gasteiger partial charge in [-0.25, -0.2) is 12.8 Å². The fourth-order valence-corrected chi connectivity index (χ4v) is 5.96. The summed E-state index contributed by atoms with van der Waals surface area (Å²) >= 11 is 1.52. The van der Waals surface area contributed by atoms with Gasteiger partial charge in [0.05, 0.1) is 0 Å². The number of rotatable bonds is 10. The Labute approximate surface area is 188 Å².